The second kappa shape index (κ2) is 9.63. The number of fused-ring (bicyclic) bond motifs is 1. The third kappa shape index (κ3) is 5.52. The molecule has 0 bridgehead atoms. The van der Waals surface area contributed by atoms with Gasteiger partial charge < -0.3 is 14.8 Å². The number of benzene rings is 2. The molecule has 5 rings (SSSR count). The third-order valence-corrected chi connectivity index (χ3v) is 6.99. The molecule has 4 aromatic rings. The van der Waals surface area contributed by atoms with Crippen molar-refractivity contribution < 1.29 is 31.1 Å². The fourth-order valence-corrected chi connectivity index (χ4v) is 4.75. The number of hydrogen-bond donors (Lipinski definition) is 1. The van der Waals surface area contributed by atoms with Crippen molar-refractivity contribution in [3.63, 3.8) is 0 Å². The van der Waals surface area contributed by atoms with Gasteiger partial charge in [0.1, 0.15) is 29.3 Å². The summed E-state index contributed by atoms with van der Waals surface area (Å²) in [6, 6.07) is 11.5. The van der Waals surface area contributed by atoms with Gasteiger partial charge in [0.15, 0.2) is 15.5 Å². The van der Waals surface area contributed by atoms with Gasteiger partial charge in [0.05, 0.1) is 10.6 Å². The van der Waals surface area contributed by atoms with Gasteiger partial charge in [0, 0.05) is 11.8 Å². The number of nitrogens with zero attached hydrogens (tertiary/aromatic N) is 4. The van der Waals surface area contributed by atoms with Crippen LogP contribution < -0.4 is 14.8 Å². The number of nitrogens with one attached hydrogen (secondary N) is 1. The molecule has 1 aliphatic rings. The number of ether oxygens (including phenoxy) is 2. The molecule has 1 aliphatic heterocycles. The number of hydrogen-bond acceptors (Lipinski definition) is 8. The number of sulfone groups is 1. The maximum atomic E-state index is 12.6. The lowest BCUT2D eigenvalue weighted by atomic mass is 10.1. The van der Waals surface area contributed by atoms with Gasteiger partial charge in [-0.15, -0.1) is 13.2 Å². The molecule has 2 aromatic carbocycles. The summed E-state index contributed by atoms with van der Waals surface area (Å²) in [6.07, 6.45) is -0.847. The van der Waals surface area contributed by atoms with Crippen molar-refractivity contribution in [2.24, 2.45) is 0 Å². The molecule has 0 aliphatic carbocycles. The number of rotatable bonds is 6. The van der Waals surface area contributed by atoms with E-state index in [4.69, 9.17) is 4.74 Å². The molecule has 1 N–H and O–H groups in total. The zero-order valence-electron chi connectivity index (χ0n) is 19.6. The van der Waals surface area contributed by atoms with E-state index in [-0.39, 0.29) is 16.7 Å². The highest BCUT2D eigenvalue weighted by molar-refractivity contribution is 7.90. The number of piperidine rings is 1. The third-order valence-electron chi connectivity index (χ3n) is 5.87. The Morgan fingerprint density at radius 2 is 1.68 bits per heavy atom. The minimum absolute atomic E-state index is 0.0767. The minimum atomic E-state index is -4.81. The van der Waals surface area contributed by atoms with Crippen LogP contribution in [0.3, 0.4) is 0 Å². The molecule has 1 fully saturated rings. The number of aromatic nitrogens is 4. The molecule has 3 heterocycles. The van der Waals surface area contributed by atoms with Gasteiger partial charge in [-0.1, -0.05) is 0 Å². The first-order valence-corrected chi connectivity index (χ1v) is 13.3. The molecule has 0 saturated carbocycles. The van der Waals surface area contributed by atoms with Crippen LogP contribution in [-0.4, -0.2) is 60.0 Å². The normalized spacial score (nSPS) is 15.1. The van der Waals surface area contributed by atoms with Crippen LogP contribution in [0, 0.1) is 0 Å². The topological polar surface area (TPSA) is 108 Å². The Hall–Kier alpha value is -3.71. The Balaban J connectivity index is 1.62. The van der Waals surface area contributed by atoms with E-state index in [0.717, 1.165) is 32.2 Å². The van der Waals surface area contributed by atoms with E-state index in [0.29, 0.717) is 33.9 Å². The summed E-state index contributed by atoms with van der Waals surface area (Å²) < 4.78 is 73.4. The van der Waals surface area contributed by atoms with Crippen LogP contribution >= 0.6 is 0 Å². The quantitative estimate of drug-likeness (QED) is 0.398. The van der Waals surface area contributed by atoms with Crippen LogP contribution in [-0.2, 0) is 9.84 Å². The van der Waals surface area contributed by atoms with Gasteiger partial charge in [0.25, 0.3) is 0 Å². The van der Waals surface area contributed by atoms with Crippen molar-refractivity contribution >= 4 is 20.9 Å². The van der Waals surface area contributed by atoms with Gasteiger partial charge >= 0.3 is 6.36 Å². The molecule has 0 spiro atoms. The van der Waals surface area contributed by atoms with Crippen LogP contribution in [0.15, 0.2) is 59.8 Å². The zero-order chi connectivity index (χ0) is 26.2. The molecule has 0 radical (unpaired) electrons. The highest BCUT2D eigenvalue weighted by Crippen LogP contribution is 2.36. The van der Waals surface area contributed by atoms with Crippen LogP contribution in [0.2, 0.25) is 0 Å². The lowest BCUT2D eigenvalue weighted by Crippen LogP contribution is -2.34. The van der Waals surface area contributed by atoms with E-state index in [2.05, 4.69) is 25.1 Å². The second-order valence-electron chi connectivity index (χ2n) is 8.54. The van der Waals surface area contributed by atoms with Crippen molar-refractivity contribution in [3.8, 4) is 28.6 Å². The first-order valence-electron chi connectivity index (χ1n) is 11.4. The van der Waals surface area contributed by atoms with Gasteiger partial charge in [0.2, 0.25) is 5.88 Å². The van der Waals surface area contributed by atoms with Crippen molar-refractivity contribution in [2.75, 3.05) is 19.3 Å². The first-order chi connectivity index (χ1) is 17.6. The Morgan fingerprint density at radius 3 is 2.30 bits per heavy atom. The fraction of sp³-hybridized carbons (Fsp3) is 0.292. The molecule has 13 heteroatoms. The highest BCUT2D eigenvalue weighted by atomic mass is 32.2. The van der Waals surface area contributed by atoms with Crippen molar-refractivity contribution in [2.45, 2.75) is 30.2 Å². The lowest BCUT2D eigenvalue weighted by Gasteiger charge is -2.23. The predicted molar refractivity (Wildman–Crippen MR) is 128 cm³/mol. The van der Waals surface area contributed by atoms with Crippen LogP contribution in [0.5, 0.6) is 11.6 Å². The molecular weight excluding hydrogens is 511 g/mol. The van der Waals surface area contributed by atoms with Crippen LogP contribution in [0.25, 0.3) is 28.0 Å². The second-order valence-corrected chi connectivity index (χ2v) is 10.6. The van der Waals surface area contributed by atoms with E-state index in [1.807, 2.05) is 0 Å². The van der Waals surface area contributed by atoms with Gasteiger partial charge in [-0.05, 0) is 74.5 Å². The van der Waals surface area contributed by atoms with Gasteiger partial charge in [-0.3, -0.25) is 0 Å². The largest absolute Gasteiger partial charge is 0.573 e. The first kappa shape index (κ1) is 25.0. The van der Waals surface area contributed by atoms with Gasteiger partial charge in [-0.2, -0.15) is 5.10 Å². The van der Waals surface area contributed by atoms with E-state index in [9.17, 15) is 21.6 Å². The summed E-state index contributed by atoms with van der Waals surface area (Å²) in [5.74, 6) is -0.0553. The summed E-state index contributed by atoms with van der Waals surface area (Å²) in [6.45, 7) is 1.61. The highest BCUT2D eigenvalue weighted by Gasteiger charge is 2.31. The lowest BCUT2D eigenvalue weighted by molar-refractivity contribution is -0.274. The Bertz CT molecular complexity index is 1520. The maximum Gasteiger partial charge on any atom is 0.573 e. The molecule has 0 amide bonds. The molecule has 37 heavy (non-hydrogen) atoms. The molecular formula is C24H22F3N5O4S. The average molecular weight is 534 g/mol. The van der Waals surface area contributed by atoms with Crippen molar-refractivity contribution in [3.05, 3.63) is 54.9 Å². The summed E-state index contributed by atoms with van der Waals surface area (Å²) in [7, 11) is -3.39. The van der Waals surface area contributed by atoms with Crippen molar-refractivity contribution in [1.29, 1.82) is 0 Å². The Morgan fingerprint density at radius 1 is 1.00 bits per heavy atom. The molecule has 1 saturated heterocycles. The SMILES string of the molecule is CS(=O)(=O)c1ccc(-n2nc(-c3ccc(OC(F)(F)F)cc3)c3c(OC4CCNCC4)ncnc32)cc1. The molecule has 194 valence electrons. The predicted octanol–water partition coefficient (Wildman–Crippen LogP) is 3.92. The fourth-order valence-electron chi connectivity index (χ4n) is 4.12. The maximum absolute atomic E-state index is 12.6. The van der Waals surface area contributed by atoms with Crippen LogP contribution in [0.4, 0.5) is 13.2 Å². The average Bonchev–Trinajstić information content (AvgIpc) is 3.24. The molecule has 0 unspecified atom stereocenters. The van der Waals surface area contributed by atoms with E-state index in [1.54, 1.807) is 12.1 Å². The summed E-state index contributed by atoms with van der Waals surface area (Å²) in [5, 5.41) is 8.45. The van der Waals surface area contributed by atoms with E-state index >= 15 is 0 Å². The molecule has 2 aromatic heterocycles. The monoisotopic (exact) mass is 533 g/mol. The Kier molecular flexibility index (Phi) is 6.50. The van der Waals surface area contributed by atoms with Crippen LogP contribution in [0.1, 0.15) is 12.8 Å². The van der Waals surface area contributed by atoms with E-state index < -0.39 is 16.2 Å². The summed E-state index contributed by atoms with van der Waals surface area (Å²) in [5.41, 5.74) is 1.82. The van der Waals surface area contributed by atoms with Crippen molar-refractivity contribution in [1.82, 2.24) is 25.1 Å². The number of alkyl halides is 3. The van der Waals surface area contributed by atoms with Gasteiger partial charge in [-0.25, -0.2) is 23.1 Å². The summed E-state index contributed by atoms with van der Waals surface area (Å²) in [4.78, 5) is 8.90. The standard InChI is InChI=1S/C24H22F3N5O4S/c1-37(33,34)19-8-4-16(5-9-19)32-22-20(23(30-14-29-22)35-17-10-12-28-13-11-17)21(31-32)15-2-6-18(7-3-15)36-24(25,26)27/h2-9,14,17,28H,10-13H2,1H3. The zero-order valence-corrected chi connectivity index (χ0v) is 20.4. The minimum Gasteiger partial charge on any atom is -0.474 e. The molecule has 0 atom stereocenters. The van der Waals surface area contributed by atoms with E-state index in [1.165, 1.54) is 47.4 Å². The Labute approximate surface area is 210 Å². The number of halogens is 3. The summed E-state index contributed by atoms with van der Waals surface area (Å²) >= 11 is 0. The smallest absolute Gasteiger partial charge is 0.474 e. The molecule has 9 nitrogen and oxygen atoms in total.